The zero-order valence-electron chi connectivity index (χ0n) is 14.7. The summed E-state index contributed by atoms with van der Waals surface area (Å²) in [5.41, 5.74) is 1.02. The van der Waals surface area contributed by atoms with Crippen molar-refractivity contribution in [3.05, 3.63) is 36.0 Å². The molecule has 1 unspecified atom stereocenters. The summed E-state index contributed by atoms with van der Waals surface area (Å²) in [6.45, 7) is 2.84. The van der Waals surface area contributed by atoms with Crippen molar-refractivity contribution in [1.29, 1.82) is 0 Å². The van der Waals surface area contributed by atoms with Gasteiger partial charge in [0.15, 0.2) is 0 Å². The van der Waals surface area contributed by atoms with E-state index in [4.69, 9.17) is 9.73 Å². The van der Waals surface area contributed by atoms with E-state index in [0.29, 0.717) is 10.4 Å². The molecule has 0 aromatic rings. The smallest absolute Gasteiger partial charge is 0.280 e. The van der Waals surface area contributed by atoms with Gasteiger partial charge in [0, 0.05) is 6.42 Å². The van der Waals surface area contributed by atoms with Crippen LogP contribution in [0.1, 0.15) is 58.3 Å². The highest BCUT2D eigenvalue weighted by atomic mass is 16.5. The molecule has 2 aliphatic heterocycles. The van der Waals surface area contributed by atoms with Crippen molar-refractivity contribution in [2.24, 2.45) is 10.9 Å². The number of quaternary nitrogens is 1. The van der Waals surface area contributed by atoms with Gasteiger partial charge in [-0.3, -0.25) is 0 Å². The number of rotatable bonds is 4. The van der Waals surface area contributed by atoms with Gasteiger partial charge in [-0.1, -0.05) is 19.3 Å². The van der Waals surface area contributed by atoms with Crippen LogP contribution in [0.5, 0.6) is 0 Å². The zero-order chi connectivity index (χ0) is 16.6. The minimum Gasteiger partial charge on any atom is -0.486 e. The lowest BCUT2D eigenvalue weighted by Gasteiger charge is -2.37. The van der Waals surface area contributed by atoms with E-state index in [1.165, 1.54) is 32.1 Å². The van der Waals surface area contributed by atoms with Crippen molar-refractivity contribution in [2.45, 2.75) is 70.4 Å². The molecule has 24 heavy (non-hydrogen) atoms. The molecule has 0 bridgehead atoms. The Morgan fingerprint density at radius 2 is 2.00 bits per heavy atom. The minimum atomic E-state index is -0.264. The molecule has 0 aromatic carbocycles. The fourth-order valence-electron chi connectivity index (χ4n) is 4.82. The highest BCUT2D eigenvalue weighted by Crippen LogP contribution is 2.39. The first-order valence-corrected chi connectivity index (χ1v) is 9.57. The van der Waals surface area contributed by atoms with Gasteiger partial charge in [-0.05, 0) is 50.7 Å². The van der Waals surface area contributed by atoms with Crippen LogP contribution >= 0.6 is 0 Å². The Hall–Kier alpha value is -1.39. The quantitative estimate of drug-likeness (QED) is 0.792. The molecule has 2 aliphatic carbocycles. The molecule has 2 heterocycles. The predicted octanol–water partition coefficient (Wildman–Crippen LogP) is 4.00. The molecule has 4 aliphatic rings. The van der Waals surface area contributed by atoms with Crippen molar-refractivity contribution in [3.8, 4) is 0 Å². The normalized spacial score (nSPS) is 36.2. The van der Waals surface area contributed by atoms with Crippen molar-refractivity contribution in [3.63, 3.8) is 0 Å². The van der Waals surface area contributed by atoms with Crippen LogP contribution in [0, 0.1) is 5.92 Å². The Bertz CT molecular complexity index is 613. The molecule has 1 N–H and O–H groups in total. The third-order valence-corrected chi connectivity index (χ3v) is 6.04. The first-order chi connectivity index (χ1) is 11.7. The van der Waals surface area contributed by atoms with Crippen molar-refractivity contribution in [1.82, 2.24) is 0 Å². The third kappa shape index (κ3) is 2.76. The maximum atomic E-state index is 10.5. The van der Waals surface area contributed by atoms with E-state index >= 15 is 0 Å². The van der Waals surface area contributed by atoms with E-state index in [0.717, 1.165) is 43.2 Å². The van der Waals surface area contributed by atoms with Crippen LogP contribution in [0.15, 0.2) is 41.0 Å². The number of fused-ring (bicyclic) bond motifs is 1. The summed E-state index contributed by atoms with van der Waals surface area (Å²) >= 11 is 0. The summed E-state index contributed by atoms with van der Waals surface area (Å²) in [4.78, 5) is 4.80. The number of hydrogen-bond acceptors (Lipinski definition) is 3. The SMILES string of the molecule is CC1=C[N+]2([C@@H]3CCC[C@@H]3O)C=CC=C(OCC3CCCCC3)C2=N1. The molecule has 0 amide bonds. The Morgan fingerprint density at radius 3 is 2.75 bits per heavy atom. The Balaban J connectivity index is 1.53. The molecule has 0 spiro atoms. The maximum Gasteiger partial charge on any atom is 0.280 e. The van der Waals surface area contributed by atoms with Gasteiger partial charge >= 0.3 is 0 Å². The molecule has 2 saturated carbocycles. The third-order valence-electron chi connectivity index (χ3n) is 6.04. The molecule has 0 radical (unpaired) electrons. The Labute approximate surface area is 144 Å². The number of hydrogen-bond donors (Lipinski definition) is 1. The number of aliphatic imine (C=N–C) groups is 1. The summed E-state index contributed by atoms with van der Waals surface area (Å²) in [7, 11) is 0. The predicted molar refractivity (Wildman–Crippen MR) is 94.8 cm³/mol. The van der Waals surface area contributed by atoms with Crippen molar-refractivity contribution >= 4 is 5.84 Å². The molecule has 0 saturated heterocycles. The summed E-state index contributed by atoms with van der Waals surface area (Å²) in [6, 6.07) is 0.166. The highest BCUT2D eigenvalue weighted by molar-refractivity contribution is 5.95. The van der Waals surface area contributed by atoms with E-state index in [2.05, 4.69) is 18.5 Å². The zero-order valence-corrected chi connectivity index (χ0v) is 14.7. The average molecular weight is 329 g/mol. The second kappa shape index (κ2) is 6.49. The second-order valence-corrected chi connectivity index (χ2v) is 7.79. The summed E-state index contributed by atoms with van der Waals surface area (Å²) in [6.07, 6.45) is 17.8. The number of aliphatic hydroxyl groups excluding tert-OH is 1. The lowest BCUT2D eigenvalue weighted by Crippen LogP contribution is -2.54. The molecular weight excluding hydrogens is 300 g/mol. The van der Waals surface area contributed by atoms with E-state index in [-0.39, 0.29) is 12.1 Å². The molecule has 4 rings (SSSR count). The number of ether oxygens (including phenoxy) is 1. The van der Waals surface area contributed by atoms with Gasteiger partial charge in [0.05, 0.1) is 12.3 Å². The van der Waals surface area contributed by atoms with Crippen LogP contribution in [0.4, 0.5) is 0 Å². The average Bonchev–Trinajstić information content (AvgIpc) is 3.17. The molecule has 2 fully saturated rings. The molecule has 0 aromatic heterocycles. The summed E-state index contributed by atoms with van der Waals surface area (Å²) < 4.78 is 6.80. The van der Waals surface area contributed by atoms with Crippen molar-refractivity contribution < 1.29 is 14.3 Å². The van der Waals surface area contributed by atoms with E-state index in [1.807, 2.05) is 13.0 Å². The first-order valence-electron chi connectivity index (χ1n) is 9.57. The topological polar surface area (TPSA) is 41.8 Å². The van der Waals surface area contributed by atoms with Crippen LogP contribution in [-0.4, -0.2) is 34.2 Å². The molecule has 4 nitrogen and oxygen atoms in total. The van der Waals surface area contributed by atoms with Crippen LogP contribution in [0.2, 0.25) is 0 Å². The molecule has 3 atom stereocenters. The second-order valence-electron chi connectivity index (χ2n) is 7.79. The van der Waals surface area contributed by atoms with E-state index in [9.17, 15) is 5.11 Å². The number of amidine groups is 1. The number of nitrogens with zero attached hydrogens (tertiary/aromatic N) is 2. The van der Waals surface area contributed by atoms with Gasteiger partial charge in [0.25, 0.3) is 5.84 Å². The van der Waals surface area contributed by atoms with Crippen LogP contribution in [0.3, 0.4) is 0 Å². The maximum absolute atomic E-state index is 10.5. The lowest BCUT2D eigenvalue weighted by molar-refractivity contribution is -0.765. The summed E-state index contributed by atoms with van der Waals surface area (Å²) in [5, 5.41) is 10.5. The minimum absolute atomic E-state index is 0.166. The monoisotopic (exact) mass is 329 g/mol. The number of allylic oxidation sites excluding steroid dienone is 3. The first kappa shape index (κ1) is 16.1. The summed E-state index contributed by atoms with van der Waals surface area (Å²) in [5.74, 6) is 2.55. The fraction of sp³-hybridized carbons (Fsp3) is 0.650. The molecule has 4 heteroatoms. The largest absolute Gasteiger partial charge is 0.486 e. The lowest BCUT2D eigenvalue weighted by atomic mass is 9.90. The van der Waals surface area contributed by atoms with Gasteiger partial charge in [-0.25, -0.2) is 4.48 Å². The van der Waals surface area contributed by atoms with Crippen LogP contribution in [0.25, 0.3) is 0 Å². The molecular formula is C20H29N2O2+. The van der Waals surface area contributed by atoms with Gasteiger partial charge in [0.1, 0.15) is 24.5 Å². The Morgan fingerprint density at radius 1 is 1.17 bits per heavy atom. The molecule has 130 valence electrons. The Kier molecular flexibility index (Phi) is 4.35. The van der Waals surface area contributed by atoms with Gasteiger partial charge in [-0.2, -0.15) is 4.99 Å². The van der Waals surface area contributed by atoms with Gasteiger partial charge < -0.3 is 9.84 Å². The van der Waals surface area contributed by atoms with Crippen LogP contribution < -0.4 is 0 Å². The van der Waals surface area contributed by atoms with Crippen molar-refractivity contribution in [2.75, 3.05) is 6.61 Å². The highest BCUT2D eigenvalue weighted by Gasteiger charge is 2.51. The fourth-order valence-corrected chi connectivity index (χ4v) is 4.82. The van der Waals surface area contributed by atoms with Gasteiger partial charge in [0.2, 0.25) is 5.76 Å². The van der Waals surface area contributed by atoms with E-state index < -0.39 is 0 Å². The van der Waals surface area contributed by atoms with Crippen LogP contribution in [-0.2, 0) is 4.74 Å². The van der Waals surface area contributed by atoms with Gasteiger partial charge in [-0.15, -0.1) is 0 Å². The number of aliphatic hydroxyl groups is 1. The van der Waals surface area contributed by atoms with E-state index in [1.54, 1.807) is 0 Å². The standard InChI is InChI=1S/C20H29N2O2/c1-15-13-22(17-9-5-10-18(17)23)12-6-11-19(20(22)21-15)24-14-16-7-3-2-4-8-16/h6,11-13,16-18,23H,2-5,7-10,14H2,1H3/q+1/t17-,18+,22?/m1/s1.